The van der Waals surface area contributed by atoms with Crippen molar-refractivity contribution in [2.75, 3.05) is 42.8 Å². The van der Waals surface area contributed by atoms with Gasteiger partial charge in [-0.25, -0.2) is 4.79 Å². The zero-order chi connectivity index (χ0) is 21.1. The van der Waals surface area contributed by atoms with E-state index >= 15 is 0 Å². The van der Waals surface area contributed by atoms with Crippen molar-refractivity contribution < 1.29 is 32.2 Å². The summed E-state index contributed by atoms with van der Waals surface area (Å²) in [5.74, 6) is -0.593. The molecule has 2 aromatic carbocycles. The normalized spacial score (nSPS) is 11.3. The minimum Gasteiger partial charge on any atom is -0.460 e. The lowest BCUT2D eigenvalue weighted by molar-refractivity contribution is -0.137. The predicted molar refractivity (Wildman–Crippen MR) is 112 cm³/mol. The molecule has 0 aliphatic heterocycles. The van der Waals surface area contributed by atoms with Crippen LogP contribution >= 0.6 is 22.6 Å². The van der Waals surface area contributed by atoms with Gasteiger partial charge in [-0.1, -0.05) is 40.8 Å². The largest absolute Gasteiger partial charge is 0.460 e. The van der Waals surface area contributed by atoms with E-state index in [1.54, 1.807) is 18.2 Å². The molecule has 158 valence electrons. The van der Waals surface area contributed by atoms with Crippen molar-refractivity contribution in [3.05, 3.63) is 59.7 Å². The summed E-state index contributed by atoms with van der Waals surface area (Å²) in [5.41, 5.74) is 0.0114. The van der Waals surface area contributed by atoms with Crippen molar-refractivity contribution in [1.29, 1.82) is 0 Å². The second-order valence-electron chi connectivity index (χ2n) is 5.80. The molecular weight excluding hydrogens is 502 g/mol. The molecular formula is C20H21F3INO4. The third-order valence-electron chi connectivity index (χ3n) is 3.67. The molecule has 0 radical (unpaired) electrons. The van der Waals surface area contributed by atoms with Crippen molar-refractivity contribution in [3.8, 4) is 0 Å². The number of hydrogen-bond acceptors (Lipinski definition) is 5. The smallest absolute Gasteiger partial charge is 0.416 e. The Hall–Kier alpha value is -1.85. The molecule has 0 saturated carbocycles. The van der Waals surface area contributed by atoms with Crippen LogP contribution in [0.5, 0.6) is 0 Å². The van der Waals surface area contributed by atoms with Gasteiger partial charge >= 0.3 is 12.1 Å². The molecule has 0 aliphatic rings. The van der Waals surface area contributed by atoms with E-state index in [1.165, 1.54) is 18.2 Å². The SMILES string of the molecule is O=C(OCCOCCOCCI)c1ccccc1Nc1cccc(C(F)(F)F)c1. The molecule has 0 saturated heterocycles. The molecule has 0 aliphatic carbocycles. The Balaban J connectivity index is 1.91. The number of carbonyl (C=O) groups is 1. The van der Waals surface area contributed by atoms with Crippen LogP contribution in [0.1, 0.15) is 15.9 Å². The van der Waals surface area contributed by atoms with E-state index in [9.17, 15) is 18.0 Å². The molecule has 29 heavy (non-hydrogen) atoms. The van der Waals surface area contributed by atoms with Crippen LogP contribution in [0.25, 0.3) is 0 Å². The fourth-order valence-electron chi connectivity index (χ4n) is 2.35. The lowest BCUT2D eigenvalue weighted by Gasteiger charge is -2.13. The van der Waals surface area contributed by atoms with Gasteiger partial charge in [0.25, 0.3) is 0 Å². The lowest BCUT2D eigenvalue weighted by atomic mass is 10.1. The number of nitrogens with one attached hydrogen (secondary N) is 1. The highest BCUT2D eigenvalue weighted by atomic mass is 127. The summed E-state index contributed by atoms with van der Waals surface area (Å²) in [6.45, 7) is 1.82. The lowest BCUT2D eigenvalue weighted by Crippen LogP contribution is -2.14. The fraction of sp³-hybridized carbons (Fsp3) is 0.350. The van der Waals surface area contributed by atoms with E-state index < -0.39 is 17.7 Å². The molecule has 0 unspecified atom stereocenters. The first-order valence-corrected chi connectivity index (χ1v) is 10.4. The number of hydrogen-bond donors (Lipinski definition) is 1. The van der Waals surface area contributed by atoms with Gasteiger partial charge in [0.15, 0.2) is 0 Å². The van der Waals surface area contributed by atoms with E-state index in [0.717, 1.165) is 16.6 Å². The highest BCUT2D eigenvalue weighted by molar-refractivity contribution is 14.1. The Morgan fingerprint density at radius 2 is 1.62 bits per heavy atom. The van der Waals surface area contributed by atoms with Crippen LogP contribution < -0.4 is 5.32 Å². The standard InChI is InChI=1S/C20H21F3INO4/c21-20(22,23)15-4-3-5-16(14-15)25-18-7-2-1-6-17(18)19(26)29-13-12-28-11-10-27-9-8-24/h1-7,14,25H,8-13H2. The average molecular weight is 523 g/mol. The Kier molecular flexibility index (Phi) is 9.68. The minimum absolute atomic E-state index is 0.0585. The monoisotopic (exact) mass is 523 g/mol. The van der Waals surface area contributed by atoms with Gasteiger partial charge < -0.3 is 19.5 Å². The van der Waals surface area contributed by atoms with Crippen LogP contribution in [0.3, 0.4) is 0 Å². The molecule has 5 nitrogen and oxygen atoms in total. The maximum Gasteiger partial charge on any atom is 0.416 e. The van der Waals surface area contributed by atoms with Gasteiger partial charge in [0.2, 0.25) is 0 Å². The minimum atomic E-state index is -4.45. The number of ether oxygens (including phenoxy) is 3. The van der Waals surface area contributed by atoms with E-state index in [2.05, 4.69) is 27.9 Å². The summed E-state index contributed by atoms with van der Waals surface area (Å²) in [7, 11) is 0. The van der Waals surface area contributed by atoms with E-state index in [0.29, 0.717) is 25.5 Å². The third-order valence-corrected chi connectivity index (χ3v) is 4.11. The number of halogens is 4. The topological polar surface area (TPSA) is 56.8 Å². The molecule has 0 atom stereocenters. The molecule has 0 amide bonds. The number of para-hydroxylation sites is 1. The third kappa shape index (κ3) is 8.19. The van der Waals surface area contributed by atoms with Crippen LogP contribution in [0.2, 0.25) is 0 Å². The quantitative estimate of drug-likeness (QED) is 0.193. The molecule has 0 aromatic heterocycles. The van der Waals surface area contributed by atoms with Crippen molar-refractivity contribution in [2.24, 2.45) is 0 Å². The molecule has 0 heterocycles. The van der Waals surface area contributed by atoms with Crippen molar-refractivity contribution in [1.82, 2.24) is 0 Å². The Labute approximate surface area is 180 Å². The van der Waals surface area contributed by atoms with Gasteiger partial charge in [0.1, 0.15) is 6.61 Å². The summed E-state index contributed by atoms with van der Waals surface area (Å²) in [6, 6.07) is 11.2. The molecule has 9 heteroatoms. The highest BCUT2D eigenvalue weighted by Crippen LogP contribution is 2.31. The summed E-state index contributed by atoms with van der Waals surface area (Å²) < 4.78 is 55.3. The Morgan fingerprint density at radius 1 is 0.931 bits per heavy atom. The summed E-state index contributed by atoms with van der Waals surface area (Å²) in [5, 5.41) is 2.85. The van der Waals surface area contributed by atoms with E-state index in [1.807, 2.05) is 0 Å². The van der Waals surface area contributed by atoms with Crippen molar-refractivity contribution in [2.45, 2.75) is 6.18 Å². The van der Waals surface area contributed by atoms with Crippen LogP contribution in [0.4, 0.5) is 24.5 Å². The second-order valence-corrected chi connectivity index (χ2v) is 6.88. The molecule has 1 N–H and O–H groups in total. The van der Waals surface area contributed by atoms with Crippen LogP contribution in [-0.4, -0.2) is 43.4 Å². The molecule has 2 aromatic rings. The maximum atomic E-state index is 12.9. The number of carbonyl (C=O) groups excluding carboxylic acids is 1. The zero-order valence-corrected chi connectivity index (χ0v) is 17.7. The first-order chi connectivity index (χ1) is 13.9. The number of alkyl halides is 4. The van der Waals surface area contributed by atoms with Crippen molar-refractivity contribution in [3.63, 3.8) is 0 Å². The second kappa shape index (κ2) is 12.0. The van der Waals surface area contributed by atoms with E-state index in [4.69, 9.17) is 14.2 Å². The average Bonchev–Trinajstić information content (AvgIpc) is 2.70. The van der Waals surface area contributed by atoms with E-state index in [-0.39, 0.29) is 24.5 Å². The summed E-state index contributed by atoms with van der Waals surface area (Å²) in [6.07, 6.45) is -4.45. The van der Waals surface area contributed by atoms with Gasteiger partial charge in [0.05, 0.1) is 43.2 Å². The van der Waals surface area contributed by atoms with Gasteiger partial charge in [0, 0.05) is 10.1 Å². The summed E-state index contributed by atoms with van der Waals surface area (Å²) in [4.78, 5) is 12.3. The van der Waals surface area contributed by atoms with Crippen LogP contribution in [0.15, 0.2) is 48.5 Å². The van der Waals surface area contributed by atoms with Crippen LogP contribution in [-0.2, 0) is 20.4 Å². The Bertz CT molecular complexity index is 786. The Morgan fingerprint density at radius 3 is 2.34 bits per heavy atom. The van der Waals surface area contributed by atoms with Gasteiger partial charge in [-0.05, 0) is 30.3 Å². The van der Waals surface area contributed by atoms with Gasteiger partial charge in [-0.3, -0.25) is 0 Å². The predicted octanol–water partition coefficient (Wildman–Crippen LogP) is 5.07. The fourth-order valence-corrected chi connectivity index (χ4v) is 2.66. The van der Waals surface area contributed by atoms with Gasteiger partial charge in [-0.2, -0.15) is 13.2 Å². The number of rotatable bonds is 11. The number of esters is 1. The van der Waals surface area contributed by atoms with Gasteiger partial charge in [-0.15, -0.1) is 0 Å². The van der Waals surface area contributed by atoms with Crippen LogP contribution in [0, 0.1) is 0 Å². The summed E-state index contributed by atoms with van der Waals surface area (Å²) >= 11 is 2.21. The first-order valence-electron chi connectivity index (χ1n) is 8.83. The molecule has 2 rings (SSSR count). The zero-order valence-electron chi connectivity index (χ0n) is 15.5. The molecule has 0 bridgehead atoms. The number of anilines is 2. The molecule has 0 spiro atoms. The van der Waals surface area contributed by atoms with Crippen molar-refractivity contribution >= 4 is 39.9 Å². The molecule has 0 fully saturated rings. The maximum absolute atomic E-state index is 12.9. The number of benzene rings is 2. The highest BCUT2D eigenvalue weighted by Gasteiger charge is 2.30. The first kappa shape index (κ1) is 23.4.